The van der Waals surface area contributed by atoms with Crippen LogP contribution in [0.3, 0.4) is 0 Å². The van der Waals surface area contributed by atoms with E-state index in [1.807, 2.05) is 23.5 Å². The number of para-hydroxylation sites is 1. The van der Waals surface area contributed by atoms with Crippen LogP contribution in [0.25, 0.3) is 0 Å². The molecular formula is C18H23N3O3. The molecule has 2 aromatic rings. The summed E-state index contributed by atoms with van der Waals surface area (Å²) < 4.78 is 12.8. The topological polar surface area (TPSA) is 56.6 Å². The van der Waals surface area contributed by atoms with Gasteiger partial charge in [-0.2, -0.15) is 0 Å². The van der Waals surface area contributed by atoms with E-state index in [2.05, 4.69) is 9.55 Å². The molecule has 0 aliphatic carbocycles. The first-order chi connectivity index (χ1) is 11.7. The summed E-state index contributed by atoms with van der Waals surface area (Å²) in [6, 6.07) is 5.41. The molecule has 3 rings (SSSR count). The smallest absolute Gasteiger partial charge is 0.257 e. The highest BCUT2D eigenvalue weighted by atomic mass is 16.5. The molecule has 1 amide bonds. The lowest BCUT2D eigenvalue weighted by molar-refractivity contribution is 0.0679. The molecule has 6 nitrogen and oxygen atoms in total. The van der Waals surface area contributed by atoms with Gasteiger partial charge >= 0.3 is 0 Å². The molecule has 0 spiro atoms. The number of benzene rings is 1. The summed E-state index contributed by atoms with van der Waals surface area (Å²) in [4.78, 5) is 18.8. The van der Waals surface area contributed by atoms with Gasteiger partial charge in [-0.1, -0.05) is 6.07 Å². The quantitative estimate of drug-likeness (QED) is 0.845. The lowest BCUT2D eigenvalue weighted by atomic mass is 9.96. The van der Waals surface area contributed by atoms with Crippen LogP contribution in [-0.4, -0.2) is 47.7 Å². The Labute approximate surface area is 142 Å². The Kier molecular flexibility index (Phi) is 5.03. The SMILES string of the molecule is COc1cccc(C(=O)N2CCC(Cn3ccnc3)CC2)c1OC. The Morgan fingerprint density at radius 1 is 1.25 bits per heavy atom. The van der Waals surface area contributed by atoms with Crippen LogP contribution in [0, 0.1) is 5.92 Å². The van der Waals surface area contributed by atoms with Gasteiger partial charge in [-0.15, -0.1) is 0 Å². The van der Waals surface area contributed by atoms with Crippen molar-refractivity contribution in [1.82, 2.24) is 14.5 Å². The number of imidazole rings is 1. The van der Waals surface area contributed by atoms with E-state index in [-0.39, 0.29) is 5.91 Å². The van der Waals surface area contributed by atoms with E-state index >= 15 is 0 Å². The third-order valence-electron chi connectivity index (χ3n) is 4.56. The fraction of sp³-hybridized carbons (Fsp3) is 0.444. The van der Waals surface area contributed by atoms with Crippen molar-refractivity contribution in [1.29, 1.82) is 0 Å². The van der Waals surface area contributed by atoms with E-state index < -0.39 is 0 Å². The molecule has 1 aromatic heterocycles. The largest absolute Gasteiger partial charge is 0.493 e. The molecule has 0 unspecified atom stereocenters. The molecule has 1 aliphatic rings. The van der Waals surface area contributed by atoms with Crippen molar-refractivity contribution < 1.29 is 14.3 Å². The number of methoxy groups -OCH3 is 2. The third kappa shape index (κ3) is 3.37. The van der Waals surface area contributed by atoms with Gasteiger partial charge in [0, 0.05) is 32.0 Å². The van der Waals surface area contributed by atoms with Crippen molar-refractivity contribution in [3.8, 4) is 11.5 Å². The van der Waals surface area contributed by atoms with Gasteiger partial charge < -0.3 is 18.9 Å². The molecular weight excluding hydrogens is 306 g/mol. The number of carbonyl (C=O) groups excluding carboxylic acids is 1. The zero-order chi connectivity index (χ0) is 16.9. The number of carbonyl (C=O) groups is 1. The first-order valence-corrected chi connectivity index (χ1v) is 8.19. The van der Waals surface area contributed by atoms with E-state index in [0.29, 0.717) is 23.0 Å². The molecule has 24 heavy (non-hydrogen) atoms. The number of piperidine rings is 1. The summed E-state index contributed by atoms with van der Waals surface area (Å²) in [7, 11) is 3.14. The standard InChI is InChI=1S/C18H23N3O3/c1-23-16-5-3-4-15(17(16)24-2)18(22)21-9-6-14(7-10-21)12-20-11-8-19-13-20/h3-5,8,11,13-14H,6-7,9-10,12H2,1-2H3. The van der Waals surface area contributed by atoms with E-state index in [9.17, 15) is 4.79 Å². The van der Waals surface area contributed by atoms with Gasteiger partial charge in [0.1, 0.15) is 0 Å². The predicted octanol–water partition coefficient (Wildman–Crippen LogP) is 2.45. The van der Waals surface area contributed by atoms with Crippen molar-refractivity contribution >= 4 is 5.91 Å². The van der Waals surface area contributed by atoms with Crippen LogP contribution in [0.5, 0.6) is 11.5 Å². The summed E-state index contributed by atoms with van der Waals surface area (Å²) in [6.45, 7) is 2.49. The number of aromatic nitrogens is 2. The first kappa shape index (κ1) is 16.4. The minimum Gasteiger partial charge on any atom is -0.493 e. The average Bonchev–Trinajstić information content (AvgIpc) is 3.14. The van der Waals surface area contributed by atoms with Gasteiger partial charge in [0.05, 0.1) is 26.1 Å². The van der Waals surface area contributed by atoms with Gasteiger partial charge in [-0.05, 0) is 30.9 Å². The molecule has 0 N–H and O–H groups in total. The van der Waals surface area contributed by atoms with Crippen LogP contribution in [0.15, 0.2) is 36.9 Å². The Balaban J connectivity index is 1.65. The molecule has 6 heteroatoms. The Bertz CT molecular complexity index is 677. The maximum absolute atomic E-state index is 12.8. The molecule has 0 atom stereocenters. The van der Waals surface area contributed by atoms with Crippen molar-refractivity contribution in [3.05, 3.63) is 42.5 Å². The second kappa shape index (κ2) is 7.38. The van der Waals surface area contributed by atoms with Crippen molar-refractivity contribution in [2.75, 3.05) is 27.3 Å². The van der Waals surface area contributed by atoms with E-state index in [1.54, 1.807) is 32.5 Å². The number of amides is 1. The van der Waals surface area contributed by atoms with Crippen LogP contribution in [0.4, 0.5) is 0 Å². The number of hydrogen-bond donors (Lipinski definition) is 0. The molecule has 0 saturated carbocycles. The van der Waals surface area contributed by atoms with Gasteiger partial charge in [-0.25, -0.2) is 4.98 Å². The van der Waals surface area contributed by atoms with Crippen LogP contribution < -0.4 is 9.47 Å². The van der Waals surface area contributed by atoms with Gasteiger partial charge in [-0.3, -0.25) is 4.79 Å². The Morgan fingerprint density at radius 3 is 2.67 bits per heavy atom. The number of hydrogen-bond acceptors (Lipinski definition) is 4. The Morgan fingerprint density at radius 2 is 2.04 bits per heavy atom. The summed E-state index contributed by atoms with van der Waals surface area (Å²) in [6.07, 6.45) is 7.62. The monoisotopic (exact) mass is 329 g/mol. The minimum absolute atomic E-state index is 0.00632. The molecule has 1 fully saturated rings. The molecule has 1 saturated heterocycles. The summed E-state index contributed by atoms with van der Waals surface area (Å²) in [5.74, 6) is 1.67. The molecule has 0 radical (unpaired) electrons. The molecule has 2 heterocycles. The van der Waals surface area contributed by atoms with Crippen LogP contribution >= 0.6 is 0 Å². The second-order valence-corrected chi connectivity index (χ2v) is 6.04. The summed E-state index contributed by atoms with van der Waals surface area (Å²) in [5, 5.41) is 0. The summed E-state index contributed by atoms with van der Waals surface area (Å²) in [5.41, 5.74) is 0.560. The molecule has 1 aromatic carbocycles. The number of nitrogens with zero attached hydrogens (tertiary/aromatic N) is 3. The van der Waals surface area contributed by atoms with E-state index in [4.69, 9.17) is 9.47 Å². The average molecular weight is 329 g/mol. The lowest BCUT2D eigenvalue weighted by Crippen LogP contribution is -2.39. The van der Waals surface area contributed by atoms with Crippen molar-refractivity contribution in [2.24, 2.45) is 5.92 Å². The third-order valence-corrected chi connectivity index (χ3v) is 4.56. The lowest BCUT2D eigenvalue weighted by Gasteiger charge is -2.32. The highest BCUT2D eigenvalue weighted by Crippen LogP contribution is 2.32. The molecule has 128 valence electrons. The van der Waals surface area contributed by atoms with Crippen LogP contribution in [0.2, 0.25) is 0 Å². The van der Waals surface area contributed by atoms with Gasteiger partial charge in [0.25, 0.3) is 5.91 Å². The van der Waals surface area contributed by atoms with E-state index in [0.717, 1.165) is 32.5 Å². The maximum Gasteiger partial charge on any atom is 0.257 e. The Hall–Kier alpha value is -2.50. The van der Waals surface area contributed by atoms with Gasteiger partial charge in [0.2, 0.25) is 0 Å². The maximum atomic E-state index is 12.8. The zero-order valence-electron chi connectivity index (χ0n) is 14.1. The van der Waals surface area contributed by atoms with Crippen LogP contribution in [-0.2, 0) is 6.54 Å². The normalized spacial score (nSPS) is 15.3. The fourth-order valence-electron chi connectivity index (χ4n) is 3.24. The minimum atomic E-state index is 0.00632. The van der Waals surface area contributed by atoms with Crippen LogP contribution in [0.1, 0.15) is 23.2 Å². The molecule has 0 bridgehead atoms. The predicted molar refractivity (Wildman–Crippen MR) is 90.4 cm³/mol. The fourth-order valence-corrected chi connectivity index (χ4v) is 3.24. The summed E-state index contributed by atoms with van der Waals surface area (Å²) >= 11 is 0. The number of ether oxygens (including phenoxy) is 2. The second-order valence-electron chi connectivity index (χ2n) is 6.04. The first-order valence-electron chi connectivity index (χ1n) is 8.19. The molecule has 1 aliphatic heterocycles. The highest BCUT2D eigenvalue weighted by Gasteiger charge is 2.26. The number of likely N-dealkylation sites (tertiary alicyclic amines) is 1. The number of rotatable bonds is 5. The van der Waals surface area contributed by atoms with Crippen molar-refractivity contribution in [2.45, 2.75) is 19.4 Å². The van der Waals surface area contributed by atoms with Gasteiger partial charge in [0.15, 0.2) is 11.5 Å². The van der Waals surface area contributed by atoms with E-state index in [1.165, 1.54) is 0 Å². The van der Waals surface area contributed by atoms with Crippen molar-refractivity contribution in [3.63, 3.8) is 0 Å². The highest BCUT2D eigenvalue weighted by molar-refractivity contribution is 5.97. The zero-order valence-corrected chi connectivity index (χ0v) is 14.1.